The highest BCUT2D eigenvalue weighted by Gasteiger charge is 2.24. The molecular formula is C20H23FN2O2. The maximum Gasteiger partial charge on any atom is 0.408 e. The summed E-state index contributed by atoms with van der Waals surface area (Å²) in [7, 11) is 0. The van der Waals surface area contributed by atoms with Crippen LogP contribution in [0.3, 0.4) is 0 Å². The van der Waals surface area contributed by atoms with Crippen molar-refractivity contribution in [1.82, 2.24) is 10.3 Å². The number of ether oxygens (including phenoxy) is 1. The fourth-order valence-corrected chi connectivity index (χ4v) is 2.38. The van der Waals surface area contributed by atoms with E-state index >= 15 is 0 Å². The van der Waals surface area contributed by atoms with Gasteiger partial charge in [0.25, 0.3) is 0 Å². The Kier molecular flexibility index (Phi) is 5.91. The third kappa shape index (κ3) is 5.14. The van der Waals surface area contributed by atoms with Gasteiger partial charge in [0.1, 0.15) is 18.3 Å². The lowest BCUT2D eigenvalue weighted by Gasteiger charge is -2.24. The molecule has 1 N–H and O–H groups in total. The van der Waals surface area contributed by atoms with E-state index in [4.69, 9.17) is 4.74 Å². The number of nitrogens with zero attached hydrogens (tertiary/aromatic N) is 1. The minimum atomic E-state index is -0.613. The van der Waals surface area contributed by atoms with Gasteiger partial charge in [-0.3, -0.25) is 4.98 Å². The molecule has 0 radical (unpaired) electrons. The average molecular weight is 342 g/mol. The molecule has 1 aromatic heterocycles. The molecule has 2 rings (SSSR count). The molecule has 25 heavy (non-hydrogen) atoms. The Morgan fingerprint density at radius 3 is 2.56 bits per heavy atom. The van der Waals surface area contributed by atoms with E-state index in [1.54, 1.807) is 63.4 Å². The van der Waals surface area contributed by atoms with Crippen molar-refractivity contribution in [2.75, 3.05) is 0 Å². The lowest BCUT2D eigenvalue weighted by Crippen LogP contribution is -2.36. The van der Waals surface area contributed by atoms with Crippen LogP contribution in [0.25, 0.3) is 6.08 Å². The van der Waals surface area contributed by atoms with Crippen LogP contribution in [0, 0.1) is 0 Å². The molecule has 0 fully saturated rings. The minimum absolute atomic E-state index is 0.530. The van der Waals surface area contributed by atoms with Gasteiger partial charge in [0.05, 0.1) is 5.69 Å². The summed E-state index contributed by atoms with van der Waals surface area (Å²) in [5.41, 5.74) is 2.20. The van der Waals surface area contributed by atoms with Crippen LogP contribution < -0.4 is 5.32 Å². The summed E-state index contributed by atoms with van der Waals surface area (Å²) in [5.74, 6) is 0. The van der Waals surface area contributed by atoms with Crippen LogP contribution in [0.4, 0.5) is 9.18 Å². The number of pyridine rings is 1. The SMILES string of the molecule is C=Cc1cccnc1[C@@H](NC(=O)OC(C)(C)C)c1ccc(CF)cc1. The molecule has 1 atom stereocenters. The number of hydrogen-bond acceptors (Lipinski definition) is 3. The number of carbonyl (C=O) groups is 1. The van der Waals surface area contributed by atoms with Gasteiger partial charge in [0.2, 0.25) is 0 Å². The standard InChI is InChI=1S/C20H23FN2O2/c1-5-15-7-6-12-22-17(15)18(23-19(24)25-20(2,3)4)16-10-8-14(13-21)9-11-16/h5-12,18H,1,13H2,2-4H3,(H,23,24)/t18-/m0/s1. The highest BCUT2D eigenvalue weighted by molar-refractivity contribution is 5.69. The molecule has 132 valence electrons. The molecule has 0 aliphatic carbocycles. The summed E-state index contributed by atoms with van der Waals surface area (Å²) < 4.78 is 18.1. The minimum Gasteiger partial charge on any atom is -0.444 e. The monoisotopic (exact) mass is 342 g/mol. The first-order valence-electron chi connectivity index (χ1n) is 8.05. The van der Waals surface area contributed by atoms with Crippen LogP contribution in [0.2, 0.25) is 0 Å². The molecule has 1 aromatic carbocycles. The molecule has 0 aliphatic heterocycles. The number of rotatable bonds is 5. The van der Waals surface area contributed by atoms with Gasteiger partial charge in [-0.15, -0.1) is 0 Å². The van der Waals surface area contributed by atoms with Crippen LogP contribution in [0.5, 0.6) is 0 Å². The van der Waals surface area contributed by atoms with Crippen LogP contribution in [-0.2, 0) is 11.4 Å². The maximum atomic E-state index is 12.8. The van der Waals surface area contributed by atoms with E-state index in [-0.39, 0.29) is 0 Å². The quantitative estimate of drug-likeness (QED) is 0.848. The van der Waals surface area contributed by atoms with Gasteiger partial charge in [-0.1, -0.05) is 43.0 Å². The summed E-state index contributed by atoms with van der Waals surface area (Å²) >= 11 is 0. The Labute approximate surface area is 147 Å². The molecule has 1 amide bonds. The number of alkyl carbamates (subject to hydrolysis) is 1. The van der Waals surface area contributed by atoms with E-state index in [0.29, 0.717) is 11.3 Å². The summed E-state index contributed by atoms with van der Waals surface area (Å²) in [6.45, 7) is 8.66. The molecule has 0 unspecified atom stereocenters. The van der Waals surface area contributed by atoms with Crippen molar-refractivity contribution in [3.63, 3.8) is 0 Å². The van der Waals surface area contributed by atoms with E-state index in [2.05, 4.69) is 16.9 Å². The second-order valence-corrected chi connectivity index (χ2v) is 6.64. The van der Waals surface area contributed by atoms with E-state index in [1.807, 2.05) is 6.07 Å². The third-order valence-corrected chi connectivity index (χ3v) is 3.49. The predicted octanol–water partition coefficient (Wildman–Crippen LogP) is 4.81. The number of aromatic nitrogens is 1. The van der Waals surface area contributed by atoms with Crippen molar-refractivity contribution >= 4 is 12.2 Å². The zero-order valence-electron chi connectivity index (χ0n) is 14.8. The molecule has 2 aromatic rings. The van der Waals surface area contributed by atoms with E-state index in [9.17, 15) is 9.18 Å². The Hall–Kier alpha value is -2.69. The largest absolute Gasteiger partial charge is 0.444 e. The normalized spacial score (nSPS) is 12.3. The molecule has 5 heteroatoms. The number of carbonyl (C=O) groups excluding carboxylic acids is 1. The fourth-order valence-electron chi connectivity index (χ4n) is 2.38. The van der Waals surface area contributed by atoms with Gasteiger partial charge < -0.3 is 10.1 Å². The lowest BCUT2D eigenvalue weighted by molar-refractivity contribution is 0.0511. The van der Waals surface area contributed by atoms with Gasteiger partial charge in [-0.25, -0.2) is 9.18 Å². The average Bonchev–Trinajstić information content (AvgIpc) is 2.58. The molecule has 1 heterocycles. The second-order valence-electron chi connectivity index (χ2n) is 6.64. The van der Waals surface area contributed by atoms with Gasteiger partial charge in [0, 0.05) is 6.20 Å². The Morgan fingerprint density at radius 2 is 2.00 bits per heavy atom. The van der Waals surface area contributed by atoms with Crippen molar-refractivity contribution < 1.29 is 13.9 Å². The van der Waals surface area contributed by atoms with Gasteiger partial charge in [0.15, 0.2) is 0 Å². The number of benzene rings is 1. The number of alkyl halides is 1. The first-order valence-corrected chi connectivity index (χ1v) is 8.05. The third-order valence-electron chi connectivity index (χ3n) is 3.49. The summed E-state index contributed by atoms with van der Waals surface area (Å²) in [6, 6.07) is 10.1. The molecule has 0 saturated heterocycles. The molecule has 0 saturated carbocycles. The van der Waals surface area contributed by atoms with Crippen molar-refractivity contribution in [1.29, 1.82) is 0 Å². The van der Waals surface area contributed by atoms with Crippen molar-refractivity contribution in [3.05, 3.63) is 71.6 Å². The Balaban J connectivity index is 2.40. The van der Waals surface area contributed by atoms with Crippen LogP contribution in [0.1, 0.15) is 49.2 Å². The summed E-state index contributed by atoms with van der Waals surface area (Å²) in [6.07, 6.45) is 2.79. The number of halogens is 1. The topological polar surface area (TPSA) is 51.2 Å². The van der Waals surface area contributed by atoms with Crippen molar-refractivity contribution in [2.24, 2.45) is 0 Å². The molecule has 0 aliphatic rings. The van der Waals surface area contributed by atoms with Crippen LogP contribution in [-0.4, -0.2) is 16.7 Å². The molecule has 4 nitrogen and oxygen atoms in total. The first-order chi connectivity index (χ1) is 11.8. The zero-order valence-corrected chi connectivity index (χ0v) is 14.8. The molecule has 0 spiro atoms. The Morgan fingerprint density at radius 1 is 1.32 bits per heavy atom. The van der Waals surface area contributed by atoms with Gasteiger partial charge in [-0.2, -0.15) is 0 Å². The Bertz CT molecular complexity index is 736. The number of nitrogens with one attached hydrogen (secondary N) is 1. The summed E-state index contributed by atoms with van der Waals surface area (Å²) in [4.78, 5) is 16.7. The number of amides is 1. The van der Waals surface area contributed by atoms with Gasteiger partial charge >= 0.3 is 6.09 Å². The van der Waals surface area contributed by atoms with E-state index < -0.39 is 24.4 Å². The van der Waals surface area contributed by atoms with Crippen molar-refractivity contribution in [2.45, 2.75) is 39.1 Å². The van der Waals surface area contributed by atoms with Gasteiger partial charge in [-0.05, 0) is 43.5 Å². The summed E-state index contributed by atoms with van der Waals surface area (Å²) in [5, 5.41) is 2.85. The van der Waals surface area contributed by atoms with Crippen LogP contribution >= 0.6 is 0 Å². The van der Waals surface area contributed by atoms with E-state index in [1.165, 1.54) is 0 Å². The van der Waals surface area contributed by atoms with Crippen LogP contribution in [0.15, 0.2) is 49.2 Å². The number of hydrogen-bond donors (Lipinski definition) is 1. The van der Waals surface area contributed by atoms with Crippen molar-refractivity contribution in [3.8, 4) is 0 Å². The highest BCUT2D eigenvalue weighted by atomic mass is 19.1. The molecular weight excluding hydrogens is 319 g/mol. The first kappa shape index (κ1) is 18.6. The highest BCUT2D eigenvalue weighted by Crippen LogP contribution is 2.25. The fraction of sp³-hybridized carbons (Fsp3) is 0.300. The van der Waals surface area contributed by atoms with E-state index in [0.717, 1.165) is 11.1 Å². The maximum absolute atomic E-state index is 12.8. The zero-order chi connectivity index (χ0) is 18.4. The predicted molar refractivity (Wildman–Crippen MR) is 96.8 cm³/mol. The smallest absolute Gasteiger partial charge is 0.408 e. The second kappa shape index (κ2) is 7.92. The lowest BCUT2D eigenvalue weighted by atomic mass is 9.98. The molecule has 0 bridgehead atoms.